The van der Waals surface area contributed by atoms with Crippen LogP contribution in [0.3, 0.4) is 0 Å². The van der Waals surface area contributed by atoms with Crippen LogP contribution in [-0.2, 0) is 9.53 Å². The Labute approximate surface area is 138 Å². The third-order valence-corrected chi connectivity index (χ3v) is 3.47. The summed E-state index contributed by atoms with van der Waals surface area (Å²) >= 11 is 6.06. The van der Waals surface area contributed by atoms with E-state index >= 15 is 0 Å². The molecule has 0 bridgehead atoms. The number of benzene rings is 1. The van der Waals surface area contributed by atoms with Gasteiger partial charge in [-0.25, -0.2) is 4.79 Å². The molecule has 6 nitrogen and oxygen atoms in total. The second-order valence-corrected chi connectivity index (χ2v) is 5.24. The van der Waals surface area contributed by atoms with Crippen molar-refractivity contribution in [1.29, 1.82) is 0 Å². The lowest BCUT2D eigenvalue weighted by Crippen LogP contribution is -2.31. The van der Waals surface area contributed by atoms with E-state index in [1.165, 1.54) is 24.5 Å². The summed E-state index contributed by atoms with van der Waals surface area (Å²) < 4.78 is 5.45. The van der Waals surface area contributed by atoms with Crippen molar-refractivity contribution in [2.24, 2.45) is 0 Å². The number of pyridine rings is 1. The fourth-order valence-corrected chi connectivity index (χ4v) is 2.25. The highest BCUT2D eigenvalue weighted by Crippen LogP contribution is 2.21. The molecule has 7 heteroatoms. The van der Waals surface area contributed by atoms with Gasteiger partial charge in [-0.1, -0.05) is 29.8 Å². The number of carbonyl (C=O) groups is 2. The van der Waals surface area contributed by atoms with Gasteiger partial charge in [-0.05, 0) is 18.6 Å². The molecular weight excluding hydrogens is 320 g/mol. The number of amides is 1. The van der Waals surface area contributed by atoms with Gasteiger partial charge in [0.05, 0.1) is 11.6 Å². The first kappa shape index (κ1) is 16.8. The van der Waals surface area contributed by atoms with Gasteiger partial charge < -0.3 is 15.3 Å². The molecule has 0 aliphatic rings. The predicted molar refractivity (Wildman–Crippen MR) is 83.7 cm³/mol. The molecule has 23 heavy (non-hydrogen) atoms. The van der Waals surface area contributed by atoms with Gasteiger partial charge in [0, 0.05) is 17.2 Å². The number of nitrogens with zero attached hydrogens (tertiary/aromatic N) is 1. The van der Waals surface area contributed by atoms with E-state index in [2.05, 4.69) is 5.32 Å². The SMILES string of the molecule is C[C@H](NC(=O)COC(=O)c1cc[n+]([O-])cc1)c1ccccc1Cl. The van der Waals surface area contributed by atoms with Crippen LogP contribution in [-0.4, -0.2) is 18.5 Å². The van der Waals surface area contributed by atoms with Crippen molar-refractivity contribution in [1.82, 2.24) is 5.32 Å². The van der Waals surface area contributed by atoms with Gasteiger partial charge in [0.25, 0.3) is 5.91 Å². The van der Waals surface area contributed by atoms with Crippen LogP contribution in [0.4, 0.5) is 0 Å². The highest BCUT2D eigenvalue weighted by atomic mass is 35.5. The number of hydrogen-bond donors (Lipinski definition) is 1. The Kier molecular flexibility index (Phi) is 5.54. The number of nitrogens with one attached hydrogen (secondary N) is 1. The number of esters is 1. The smallest absolute Gasteiger partial charge is 0.339 e. The maximum absolute atomic E-state index is 11.8. The molecule has 1 heterocycles. The average Bonchev–Trinajstić information content (AvgIpc) is 2.53. The zero-order valence-corrected chi connectivity index (χ0v) is 13.1. The third-order valence-electron chi connectivity index (χ3n) is 3.12. The number of aromatic nitrogens is 1. The largest absolute Gasteiger partial charge is 0.619 e. The summed E-state index contributed by atoms with van der Waals surface area (Å²) in [6, 6.07) is 9.48. The highest BCUT2D eigenvalue weighted by Gasteiger charge is 2.15. The fraction of sp³-hybridized carbons (Fsp3) is 0.188. The van der Waals surface area contributed by atoms with Gasteiger partial charge in [0.2, 0.25) is 0 Å². The van der Waals surface area contributed by atoms with E-state index < -0.39 is 18.5 Å². The number of ether oxygens (including phenoxy) is 1. The number of halogens is 1. The lowest BCUT2D eigenvalue weighted by Gasteiger charge is -2.15. The molecule has 0 radical (unpaired) electrons. The maximum atomic E-state index is 11.8. The standard InChI is InChI=1S/C16H15ClN2O4/c1-11(13-4-2-3-5-14(13)17)18-15(20)10-23-16(21)12-6-8-19(22)9-7-12/h2-9,11H,10H2,1H3,(H,18,20)/t11-/m0/s1. The first-order valence-electron chi connectivity index (χ1n) is 6.87. The van der Waals surface area contributed by atoms with Crippen LogP contribution in [0, 0.1) is 5.21 Å². The van der Waals surface area contributed by atoms with Crippen LogP contribution in [0.1, 0.15) is 28.9 Å². The molecule has 0 saturated carbocycles. The van der Waals surface area contributed by atoms with E-state index in [1.807, 2.05) is 6.07 Å². The van der Waals surface area contributed by atoms with Gasteiger partial charge >= 0.3 is 5.97 Å². The van der Waals surface area contributed by atoms with Crippen LogP contribution in [0.15, 0.2) is 48.8 Å². The molecule has 1 amide bonds. The van der Waals surface area contributed by atoms with Crippen LogP contribution < -0.4 is 10.0 Å². The molecule has 1 aromatic heterocycles. The molecule has 1 aromatic carbocycles. The molecule has 0 aliphatic carbocycles. The van der Waals surface area contributed by atoms with Crippen molar-refractivity contribution in [3.63, 3.8) is 0 Å². The quantitative estimate of drug-likeness (QED) is 0.515. The van der Waals surface area contributed by atoms with Gasteiger partial charge in [-0.3, -0.25) is 4.79 Å². The van der Waals surface area contributed by atoms with Crippen LogP contribution in [0.25, 0.3) is 0 Å². The minimum atomic E-state index is -0.675. The zero-order valence-electron chi connectivity index (χ0n) is 12.4. The monoisotopic (exact) mass is 334 g/mol. The summed E-state index contributed by atoms with van der Waals surface area (Å²) in [7, 11) is 0. The van der Waals surface area contributed by atoms with Crippen molar-refractivity contribution in [3.8, 4) is 0 Å². The molecule has 2 rings (SSSR count). The third kappa shape index (κ3) is 4.69. The van der Waals surface area contributed by atoms with Crippen LogP contribution >= 0.6 is 11.6 Å². The lowest BCUT2D eigenvalue weighted by atomic mass is 10.1. The molecular formula is C16H15ClN2O4. The first-order chi connectivity index (χ1) is 11.0. The number of carbonyl (C=O) groups excluding carboxylic acids is 2. The van der Waals surface area contributed by atoms with E-state index in [1.54, 1.807) is 25.1 Å². The second kappa shape index (κ2) is 7.60. The van der Waals surface area contributed by atoms with Gasteiger partial charge in [-0.15, -0.1) is 0 Å². The summed E-state index contributed by atoms with van der Waals surface area (Å²) in [6.45, 7) is 1.37. The number of rotatable bonds is 5. The van der Waals surface area contributed by atoms with E-state index in [0.717, 1.165) is 5.56 Å². The summed E-state index contributed by atoms with van der Waals surface area (Å²) in [4.78, 5) is 23.6. The van der Waals surface area contributed by atoms with Crippen molar-refractivity contribution in [2.45, 2.75) is 13.0 Å². The van der Waals surface area contributed by atoms with Crippen LogP contribution in [0.5, 0.6) is 0 Å². The predicted octanol–water partition coefficient (Wildman–Crippen LogP) is 2.01. The van der Waals surface area contributed by atoms with Gasteiger partial charge in [0.15, 0.2) is 19.0 Å². The lowest BCUT2D eigenvalue weighted by molar-refractivity contribution is -0.605. The van der Waals surface area contributed by atoms with Crippen LogP contribution in [0.2, 0.25) is 5.02 Å². The molecule has 0 saturated heterocycles. The van der Waals surface area contributed by atoms with Gasteiger partial charge in [-0.2, -0.15) is 4.73 Å². The molecule has 120 valence electrons. The molecule has 1 atom stereocenters. The normalized spacial score (nSPS) is 11.6. The topological polar surface area (TPSA) is 82.3 Å². The van der Waals surface area contributed by atoms with E-state index in [4.69, 9.17) is 16.3 Å². The van der Waals surface area contributed by atoms with Crippen molar-refractivity contribution >= 4 is 23.5 Å². The molecule has 0 spiro atoms. The Hall–Kier alpha value is -2.60. The highest BCUT2D eigenvalue weighted by molar-refractivity contribution is 6.31. The molecule has 2 aromatic rings. The Morgan fingerprint density at radius 1 is 1.26 bits per heavy atom. The average molecular weight is 335 g/mol. The minimum absolute atomic E-state index is 0.198. The number of hydrogen-bond acceptors (Lipinski definition) is 4. The van der Waals surface area contributed by atoms with E-state index in [-0.39, 0.29) is 11.6 Å². The van der Waals surface area contributed by atoms with E-state index in [0.29, 0.717) is 9.75 Å². The summed E-state index contributed by atoms with van der Waals surface area (Å²) in [5, 5.41) is 14.1. The van der Waals surface area contributed by atoms with E-state index in [9.17, 15) is 14.8 Å². The summed E-state index contributed by atoms with van der Waals surface area (Å²) in [5.41, 5.74) is 0.973. The minimum Gasteiger partial charge on any atom is -0.619 e. The molecule has 0 fully saturated rings. The molecule has 1 N–H and O–H groups in total. The van der Waals surface area contributed by atoms with Crippen molar-refractivity contribution < 1.29 is 19.1 Å². The van der Waals surface area contributed by atoms with Crippen molar-refractivity contribution in [3.05, 3.63) is 70.1 Å². The Morgan fingerprint density at radius 2 is 1.91 bits per heavy atom. The zero-order chi connectivity index (χ0) is 16.8. The van der Waals surface area contributed by atoms with Gasteiger partial charge in [0.1, 0.15) is 0 Å². The summed E-state index contributed by atoms with van der Waals surface area (Å²) in [6.07, 6.45) is 2.35. The Bertz CT molecular complexity index is 703. The first-order valence-corrected chi connectivity index (χ1v) is 7.25. The Balaban J connectivity index is 1.86. The Morgan fingerprint density at radius 3 is 2.57 bits per heavy atom. The van der Waals surface area contributed by atoms with Crippen molar-refractivity contribution in [2.75, 3.05) is 6.61 Å². The molecule has 0 aliphatic heterocycles. The fourth-order valence-electron chi connectivity index (χ4n) is 1.95. The molecule has 0 unspecified atom stereocenters. The second-order valence-electron chi connectivity index (χ2n) is 4.83. The maximum Gasteiger partial charge on any atom is 0.339 e. The summed E-state index contributed by atoms with van der Waals surface area (Å²) in [5.74, 6) is -1.12.